The summed E-state index contributed by atoms with van der Waals surface area (Å²) in [4.78, 5) is 34.1. The Morgan fingerprint density at radius 1 is 1.35 bits per heavy atom. The van der Waals surface area contributed by atoms with Crippen LogP contribution in [0.25, 0.3) is 0 Å². The Bertz CT molecular complexity index is 536. The molecule has 0 radical (unpaired) electrons. The lowest BCUT2D eigenvalue weighted by molar-refractivity contribution is -0.137. The van der Waals surface area contributed by atoms with Gasteiger partial charge in [-0.2, -0.15) is 0 Å². The summed E-state index contributed by atoms with van der Waals surface area (Å²) in [5.41, 5.74) is 5.33. The van der Waals surface area contributed by atoms with E-state index in [1.54, 1.807) is 12.1 Å². The van der Waals surface area contributed by atoms with E-state index in [1.807, 2.05) is 0 Å². The zero-order valence-electron chi connectivity index (χ0n) is 10.1. The lowest BCUT2D eigenvalue weighted by atomic mass is 10.3. The minimum Gasteiger partial charge on any atom is -0.480 e. The Hall–Kier alpha value is -1.80. The second-order valence-corrected chi connectivity index (χ2v) is 5.04. The van der Waals surface area contributed by atoms with Gasteiger partial charge in [-0.05, 0) is 34.1 Å². The summed E-state index contributed by atoms with van der Waals surface area (Å²) in [5, 5.41) is 11.5. The van der Waals surface area contributed by atoms with Crippen molar-refractivity contribution in [1.82, 2.24) is 4.90 Å². The Morgan fingerprint density at radius 2 is 2.00 bits per heavy atom. The number of primary amides is 1. The molecule has 0 unspecified atom stereocenters. The van der Waals surface area contributed by atoms with E-state index < -0.39 is 31.0 Å². The summed E-state index contributed by atoms with van der Waals surface area (Å²) in [6.45, 7) is -1.14. The van der Waals surface area contributed by atoms with E-state index in [0.717, 1.165) is 4.90 Å². The van der Waals surface area contributed by atoms with E-state index in [2.05, 4.69) is 21.2 Å². The first kappa shape index (κ1) is 16.3. The van der Waals surface area contributed by atoms with E-state index in [0.29, 0.717) is 15.2 Å². The average molecular weight is 365 g/mol. The molecule has 0 atom stereocenters. The van der Waals surface area contributed by atoms with Gasteiger partial charge in [0.15, 0.2) is 0 Å². The number of urea groups is 1. The first-order valence-electron chi connectivity index (χ1n) is 5.30. The van der Waals surface area contributed by atoms with Gasteiger partial charge in [0.05, 0.1) is 5.02 Å². The van der Waals surface area contributed by atoms with Crippen LogP contribution in [0.3, 0.4) is 0 Å². The number of anilines is 1. The van der Waals surface area contributed by atoms with Gasteiger partial charge in [-0.25, -0.2) is 4.79 Å². The molecule has 1 rings (SSSR count). The van der Waals surface area contributed by atoms with Gasteiger partial charge < -0.3 is 21.1 Å². The predicted octanol–water partition coefficient (Wildman–Crippen LogP) is 1.51. The number of rotatable bonds is 5. The Kier molecular flexibility index (Phi) is 5.78. The van der Waals surface area contributed by atoms with Gasteiger partial charge in [0.25, 0.3) is 0 Å². The summed E-state index contributed by atoms with van der Waals surface area (Å²) in [6, 6.07) is 3.90. The fraction of sp³-hybridized carbons (Fsp3) is 0.182. The van der Waals surface area contributed by atoms with Crippen molar-refractivity contribution in [2.75, 3.05) is 18.4 Å². The number of carbonyl (C=O) groups excluding carboxylic acids is 2. The van der Waals surface area contributed by atoms with E-state index in [-0.39, 0.29) is 0 Å². The number of carbonyl (C=O) groups is 3. The van der Waals surface area contributed by atoms with E-state index in [1.165, 1.54) is 6.07 Å². The topological polar surface area (TPSA) is 113 Å². The largest absolute Gasteiger partial charge is 0.480 e. The van der Waals surface area contributed by atoms with Crippen LogP contribution in [0.1, 0.15) is 0 Å². The van der Waals surface area contributed by atoms with Crippen LogP contribution < -0.4 is 11.1 Å². The van der Waals surface area contributed by atoms with Gasteiger partial charge >= 0.3 is 12.0 Å². The van der Waals surface area contributed by atoms with Crippen LogP contribution in [0.5, 0.6) is 0 Å². The SMILES string of the molecule is NC(=O)CN(CC(=O)O)C(=O)Nc1ccc(Br)c(Cl)c1. The van der Waals surface area contributed by atoms with Gasteiger partial charge in [0, 0.05) is 10.2 Å². The van der Waals surface area contributed by atoms with E-state index in [4.69, 9.17) is 22.4 Å². The number of nitrogens with zero attached hydrogens (tertiary/aromatic N) is 1. The fourth-order valence-electron chi connectivity index (χ4n) is 1.33. The number of nitrogens with one attached hydrogen (secondary N) is 1. The molecule has 4 N–H and O–H groups in total. The predicted molar refractivity (Wildman–Crippen MR) is 76.6 cm³/mol. The standard InChI is InChI=1S/C11H11BrClN3O4/c12-7-2-1-6(3-8(7)13)15-11(20)16(4-9(14)17)5-10(18)19/h1-3H,4-5H2,(H2,14,17)(H,15,20)(H,18,19). The summed E-state index contributed by atoms with van der Waals surface area (Å²) in [7, 11) is 0. The molecular formula is C11H11BrClN3O4. The summed E-state index contributed by atoms with van der Waals surface area (Å²) >= 11 is 9.06. The monoisotopic (exact) mass is 363 g/mol. The molecule has 1 aromatic carbocycles. The molecule has 7 nitrogen and oxygen atoms in total. The third-order valence-corrected chi connectivity index (χ3v) is 3.36. The average Bonchev–Trinajstić information content (AvgIpc) is 2.32. The number of amides is 3. The Balaban J connectivity index is 2.81. The van der Waals surface area contributed by atoms with E-state index in [9.17, 15) is 14.4 Å². The fourth-order valence-corrected chi connectivity index (χ4v) is 1.75. The maximum absolute atomic E-state index is 11.9. The Morgan fingerprint density at radius 3 is 2.50 bits per heavy atom. The van der Waals surface area contributed by atoms with Crippen molar-refractivity contribution in [2.24, 2.45) is 5.73 Å². The second kappa shape index (κ2) is 7.11. The molecule has 0 bridgehead atoms. The highest BCUT2D eigenvalue weighted by Crippen LogP contribution is 2.25. The Labute approximate surface area is 127 Å². The number of benzene rings is 1. The molecule has 0 aromatic heterocycles. The first-order chi connectivity index (χ1) is 9.29. The van der Waals surface area contributed by atoms with Gasteiger partial charge in [0.1, 0.15) is 13.1 Å². The summed E-state index contributed by atoms with van der Waals surface area (Å²) in [6.07, 6.45) is 0. The zero-order valence-corrected chi connectivity index (χ0v) is 12.4. The highest BCUT2D eigenvalue weighted by molar-refractivity contribution is 9.10. The molecule has 9 heteroatoms. The van der Waals surface area contributed by atoms with Crippen LogP contribution in [-0.4, -0.2) is 41.0 Å². The zero-order chi connectivity index (χ0) is 15.3. The number of aliphatic carboxylic acids is 1. The highest BCUT2D eigenvalue weighted by atomic mass is 79.9. The number of halogens is 2. The molecule has 0 fully saturated rings. The molecule has 0 heterocycles. The lowest BCUT2D eigenvalue weighted by Gasteiger charge is -2.19. The number of carboxylic acids is 1. The molecule has 0 aliphatic rings. The van der Waals surface area contributed by atoms with Crippen LogP contribution in [0.2, 0.25) is 5.02 Å². The molecule has 0 aliphatic carbocycles. The molecular weight excluding hydrogens is 353 g/mol. The molecule has 0 saturated heterocycles. The highest BCUT2D eigenvalue weighted by Gasteiger charge is 2.19. The number of hydrogen-bond donors (Lipinski definition) is 3. The van der Waals surface area contributed by atoms with Crippen molar-refractivity contribution in [1.29, 1.82) is 0 Å². The number of nitrogens with two attached hydrogens (primary N) is 1. The van der Waals surface area contributed by atoms with Gasteiger partial charge in [-0.1, -0.05) is 11.6 Å². The summed E-state index contributed by atoms with van der Waals surface area (Å²) < 4.78 is 0.650. The van der Waals surface area contributed by atoms with Gasteiger partial charge in [-0.3, -0.25) is 9.59 Å². The van der Waals surface area contributed by atoms with Crippen molar-refractivity contribution in [3.8, 4) is 0 Å². The van der Waals surface area contributed by atoms with Crippen LogP contribution in [-0.2, 0) is 9.59 Å². The van der Waals surface area contributed by atoms with Crippen molar-refractivity contribution < 1.29 is 19.5 Å². The van der Waals surface area contributed by atoms with Crippen molar-refractivity contribution in [2.45, 2.75) is 0 Å². The molecule has 0 saturated carbocycles. The van der Waals surface area contributed by atoms with Crippen LogP contribution >= 0.6 is 27.5 Å². The first-order valence-corrected chi connectivity index (χ1v) is 6.47. The molecule has 108 valence electrons. The molecule has 20 heavy (non-hydrogen) atoms. The molecule has 3 amide bonds. The minimum absolute atomic E-state index is 0.364. The van der Waals surface area contributed by atoms with Gasteiger partial charge in [0.2, 0.25) is 5.91 Å². The van der Waals surface area contributed by atoms with Crippen molar-refractivity contribution in [3.05, 3.63) is 27.7 Å². The maximum atomic E-state index is 11.9. The van der Waals surface area contributed by atoms with Crippen LogP contribution in [0.4, 0.5) is 10.5 Å². The normalized spacial score (nSPS) is 9.90. The summed E-state index contributed by atoms with van der Waals surface area (Å²) in [5.74, 6) is -2.06. The second-order valence-electron chi connectivity index (χ2n) is 3.78. The van der Waals surface area contributed by atoms with Crippen molar-refractivity contribution >= 4 is 51.1 Å². The van der Waals surface area contributed by atoms with Crippen LogP contribution in [0.15, 0.2) is 22.7 Å². The van der Waals surface area contributed by atoms with Crippen LogP contribution in [0, 0.1) is 0 Å². The third-order valence-electron chi connectivity index (χ3n) is 2.13. The molecule has 0 spiro atoms. The van der Waals surface area contributed by atoms with Crippen molar-refractivity contribution in [3.63, 3.8) is 0 Å². The molecule has 0 aliphatic heterocycles. The van der Waals surface area contributed by atoms with E-state index >= 15 is 0 Å². The van der Waals surface area contributed by atoms with Gasteiger partial charge in [-0.15, -0.1) is 0 Å². The molecule has 1 aromatic rings. The number of carboxylic acid groups (broad SMARTS) is 1. The third kappa shape index (κ3) is 5.06. The minimum atomic E-state index is -1.25. The number of hydrogen-bond acceptors (Lipinski definition) is 3. The quantitative estimate of drug-likeness (QED) is 0.735. The smallest absolute Gasteiger partial charge is 0.323 e. The maximum Gasteiger partial charge on any atom is 0.323 e. The lowest BCUT2D eigenvalue weighted by Crippen LogP contribution is -2.43.